The lowest BCUT2D eigenvalue weighted by Gasteiger charge is -1.83. The predicted molar refractivity (Wildman–Crippen MR) is 53.4 cm³/mol. The average molecular weight is 240 g/mol. The molecule has 0 fully saturated rings. The summed E-state index contributed by atoms with van der Waals surface area (Å²) in [5.41, 5.74) is 0.274. The molecule has 0 unspecified atom stereocenters. The molecular weight excluding hydrogens is 236 g/mol. The molecule has 0 aromatic carbocycles. The zero-order valence-corrected chi connectivity index (χ0v) is 8.43. The largest absolute Gasteiger partial charge is 0.475 e. The molecule has 82 valence electrons. The standard InChI is InChI=1S/C8H4N2O5S/c11-8(12)5-3-4(9-15-5)6-1-2-7(16-6)10(13)14/h1-3H,(H,11,12). The molecule has 0 aliphatic rings. The van der Waals surface area contributed by atoms with Gasteiger partial charge in [-0.15, -0.1) is 0 Å². The molecule has 0 saturated carbocycles. The van der Waals surface area contributed by atoms with Crippen LogP contribution in [0.15, 0.2) is 22.7 Å². The van der Waals surface area contributed by atoms with Crippen LogP contribution in [0.25, 0.3) is 10.6 Å². The minimum atomic E-state index is -1.23. The summed E-state index contributed by atoms with van der Waals surface area (Å²) >= 11 is 0.905. The Morgan fingerprint density at radius 1 is 1.56 bits per heavy atom. The third-order valence-corrected chi connectivity index (χ3v) is 2.80. The molecule has 0 spiro atoms. The molecule has 0 radical (unpaired) electrons. The Morgan fingerprint density at radius 3 is 2.81 bits per heavy atom. The summed E-state index contributed by atoms with van der Waals surface area (Å²) in [6, 6.07) is 4.04. The van der Waals surface area contributed by atoms with Crippen LogP contribution < -0.4 is 0 Å². The molecule has 2 aromatic rings. The van der Waals surface area contributed by atoms with Crippen LogP contribution in [-0.4, -0.2) is 21.2 Å². The summed E-state index contributed by atoms with van der Waals surface area (Å²) < 4.78 is 4.54. The average Bonchev–Trinajstić information content (AvgIpc) is 2.86. The number of nitro groups is 1. The van der Waals surface area contributed by atoms with Crippen molar-refractivity contribution in [2.45, 2.75) is 0 Å². The molecule has 0 atom stereocenters. The Labute approximate surface area is 92.1 Å². The zero-order chi connectivity index (χ0) is 11.7. The third kappa shape index (κ3) is 1.77. The SMILES string of the molecule is O=C(O)c1cc(-c2ccc([N+](=O)[O-])s2)no1. The van der Waals surface area contributed by atoms with E-state index in [0.717, 1.165) is 11.3 Å². The number of aromatic carboxylic acids is 1. The van der Waals surface area contributed by atoms with Gasteiger partial charge in [-0.3, -0.25) is 10.1 Å². The second-order valence-corrected chi connectivity index (χ2v) is 3.84. The van der Waals surface area contributed by atoms with E-state index in [1.807, 2.05) is 0 Å². The van der Waals surface area contributed by atoms with E-state index in [1.165, 1.54) is 18.2 Å². The minimum absolute atomic E-state index is 0.0325. The fourth-order valence-corrected chi connectivity index (χ4v) is 1.83. The van der Waals surface area contributed by atoms with E-state index in [2.05, 4.69) is 9.68 Å². The van der Waals surface area contributed by atoms with Crippen molar-refractivity contribution in [3.8, 4) is 10.6 Å². The fourth-order valence-electron chi connectivity index (χ4n) is 1.06. The van der Waals surface area contributed by atoms with Gasteiger partial charge in [0.2, 0.25) is 5.76 Å². The van der Waals surface area contributed by atoms with Gasteiger partial charge in [-0.2, -0.15) is 0 Å². The van der Waals surface area contributed by atoms with Gasteiger partial charge in [-0.1, -0.05) is 16.5 Å². The number of thiophene rings is 1. The summed E-state index contributed by atoms with van der Waals surface area (Å²) in [6.07, 6.45) is 0. The lowest BCUT2D eigenvalue weighted by atomic mass is 10.3. The van der Waals surface area contributed by atoms with Gasteiger partial charge in [0.25, 0.3) is 0 Å². The summed E-state index contributed by atoms with van der Waals surface area (Å²) in [7, 11) is 0. The van der Waals surface area contributed by atoms with Crippen LogP contribution in [0.5, 0.6) is 0 Å². The van der Waals surface area contributed by atoms with Crippen molar-refractivity contribution >= 4 is 22.3 Å². The van der Waals surface area contributed by atoms with Gasteiger partial charge < -0.3 is 9.63 Å². The number of hydrogen-bond acceptors (Lipinski definition) is 6. The minimum Gasteiger partial charge on any atom is -0.475 e. The molecule has 0 amide bonds. The third-order valence-electron chi connectivity index (χ3n) is 1.75. The Bertz CT molecular complexity index is 508. The maximum atomic E-state index is 10.5. The molecule has 0 aliphatic carbocycles. The van der Waals surface area contributed by atoms with Crippen LogP contribution in [0.3, 0.4) is 0 Å². The van der Waals surface area contributed by atoms with E-state index in [4.69, 9.17) is 5.11 Å². The highest BCUT2D eigenvalue weighted by atomic mass is 32.1. The first kappa shape index (κ1) is 10.3. The van der Waals surface area contributed by atoms with Crippen LogP contribution in [0, 0.1) is 10.1 Å². The fraction of sp³-hybridized carbons (Fsp3) is 0. The van der Waals surface area contributed by atoms with Crippen molar-refractivity contribution in [2.75, 3.05) is 0 Å². The number of aromatic nitrogens is 1. The van der Waals surface area contributed by atoms with E-state index in [-0.39, 0.29) is 16.5 Å². The van der Waals surface area contributed by atoms with Gasteiger partial charge in [-0.25, -0.2) is 4.79 Å². The maximum Gasteiger partial charge on any atom is 0.374 e. The quantitative estimate of drug-likeness (QED) is 0.649. The highest BCUT2D eigenvalue weighted by Gasteiger charge is 2.16. The topological polar surface area (TPSA) is 106 Å². The molecule has 7 nitrogen and oxygen atoms in total. The van der Waals surface area contributed by atoms with Crippen LogP contribution in [0.2, 0.25) is 0 Å². The highest BCUT2D eigenvalue weighted by molar-refractivity contribution is 7.18. The monoisotopic (exact) mass is 240 g/mol. The second-order valence-electron chi connectivity index (χ2n) is 2.78. The number of rotatable bonds is 3. The Kier molecular flexibility index (Phi) is 2.41. The molecule has 16 heavy (non-hydrogen) atoms. The predicted octanol–water partition coefficient (Wildman–Crippen LogP) is 2.01. The van der Waals surface area contributed by atoms with Crippen LogP contribution in [0.4, 0.5) is 5.00 Å². The molecule has 0 aliphatic heterocycles. The van der Waals surface area contributed by atoms with Crippen molar-refractivity contribution in [1.82, 2.24) is 5.16 Å². The van der Waals surface area contributed by atoms with E-state index in [1.54, 1.807) is 0 Å². The smallest absolute Gasteiger partial charge is 0.374 e. The first-order valence-corrected chi connectivity index (χ1v) is 4.84. The highest BCUT2D eigenvalue weighted by Crippen LogP contribution is 2.32. The number of carboxylic acids is 1. The molecule has 2 aromatic heterocycles. The van der Waals surface area contributed by atoms with Crippen molar-refractivity contribution in [3.63, 3.8) is 0 Å². The first-order valence-electron chi connectivity index (χ1n) is 4.02. The van der Waals surface area contributed by atoms with Gasteiger partial charge >= 0.3 is 11.0 Å². The van der Waals surface area contributed by atoms with Crippen LogP contribution in [0.1, 0.15) is 10.6 Å². The summed E-state index contributed by atoms with van der Waals surface area (Å²) in [5, 5.41) is 22.5. The number of nitrogens with zero attached hydrogens (tertiary/aromatic N) is 2. The maximum absolute atomic E-state index is 10.5. The molecule has 2 heterocycles. The van der Waals surface area contributed by atoms with Crippen molar-refractivity contribution in [3.05, 3.63) is 34.1 Å². The molecule has 8 heteroatoms. The molecule has 1 N–H and O–H groups in total. The Morgan fingerprint density at radius 2 is 2.31 bits per heavy atom. The van der Waals surface area contributed by atoms with Crippen LogP contribution in [-0.2, 0) is 0 Å². The lowest BCUT2D eigenvalue weighted by molar-refractivity contribution is -0.380. The summed E-state index contributed by atoms with van der Waals surface area (Å²) in [5.74, 6) is -1.53. The van der Waals surface area contributed by atoms with Crippen LogP contribution >= 0.6 is 11.3 Å². The Hall–Kier alpha value is -2.22. The summed E-state index contributed by atoms with van der Waals surface area (Å²) in [4.78, 5) is 20.9. The second kappa shape index (κ2) is 3.74. The number of hydrogen-bond donors (Lipinski definition) is 1. The van der Waals surface area contributed by atoms with E-state index < -0.39 is 10.9 Å². The van der Waals surface area contributed by atoms with Crippen molar-refractivity contribution in [1.29, 1.82) is 0 Å². The first-order chi connectivity index (χ1) is 7.58. The molecule has 0 bridgehead atoms. The van der Waals surface area contributed by atoms with Crippen molar-refractivity contribution in [2.24, 2.45) is 0 Å². The van der Waals surface area contributed by atoms with Crippen molar-refractivity contribution < 1.29 is 19.3 Å². The normalized spacial score (nSPS) is 10.2. The van der Waals surface area contributed by atoms with Gasteiger partial charge in [0.05, 0.1) is 9.80 Å². The number of carbonyl (C=O) groups is 1. The molecule has 2 rings (SSSR count). The van der Waals surface area contributed by atoms with E-state index in [9.17, 15) is 14.9 Å². The number of carboxylic acid groups (broad SMARTS) is 1. The molecular formula is C8H4N2O5S. The van der Waals surface area contributed by atoms with Gasteiger partial charge in [0, 0.05) is 12.1 Å². The molecule has 0 saturated heterocycles. The van der Waals surface area contributed by atoms with Gasteiger partial charge in [0.1, 0.15) is 5.69 Å². The zero-order valence-electron chi connectivity index (χ0n) is 7.61. The van der Waals surface area contributed by atoms with Gasteiger partial charge in [-0.05, 0) is 6.07 Å². The summed E-state index contributed by atoms with van der Waals surface area (Å²) in [6.45, 7) is 0. The lowest BCUT2D eigenvalue weighted by Crippen LogP contribution is -1.91. The Balaban J connectivity index is 2.35. The van der Waals surface area contributed by atoms with E-state index >= 15 is 0 Å². The van der Waals surface area contributed by atoms with E-state index in [0.29, 0.717) is 4.88 Å². The van der Waals surface area contributed by atoms with Gasteiger partial charge in [0.15, 0.2) is 0 Å².